The molecule has 5 aromatic carbocycles. The first-order chi connectivity index (χ1) is 14.9. The van der Waals surface area contributed by atoms with Gasteiger partial charge in [0.2, 0.25) is 0 Å². The third-order valence-corrected chi connectivity index (χ3v) is 4.93. The molecule has 0 saturated carbocycles. The maximum Gasteiger partial charge on any atom is 0.121 e. The second-order valence-electron chi connectivity index (χ2n) is 6.89. The molecule has 5 aromatic rings. The Kier molecular flexibility index (Phi) is 4.80. The van der Waals surface area contributed by atoms with Gasteiger partial charge in [-0.25, -0.2) is 0 Å². The highest BCUT2D eigenvalue weighted by atomic mass is 15.2. The first-order valence-electron chi connectivity index (χ1n) is 9.76. The highest BCUT2D eigenvalue weighted by Gasteiger charge is 2.08. The predicted octanol–water partition coefficient (Wildman–Crippen LogP) is 8.82. The summed E-state index contributed by atoms with van der Waals surface area (Å²) in [6.45, 7) is 0. The topological polar surface area (TPSA) is 49.4 Å². The van der Waals surface area contributed by atoms with Crippen molar-refractivity contribution >= 4 is 44.3 Å². The molecule has 4 nitrogen and oxygen atoms in total. The zero-order valence-corrected chi connectivity index (χ0v) is 16.2. The number of hydrogen-bond donors (Lipinski definition) is 0. The van der Waals surface area contributed by atoms with Gasteiger partial charge in [-0.1, -0.05) is 84.9 Å². The fourth-order valence-corrected chi connectivity index (χ4v) is 3.44. The zero-order valence-electron chi connectivity index (χ0n) is 16.2. The smallest absolute Gasteiger partial charge is 0.121 e. The molecule has 0 unspecified atom stereocenters. The molecule has 0 spiro atoms. The van der Waals surface area contributed by atoms with Gasteiger partial charge < -0.3 is 0 Å². The van der Waals surface area contributed by atoms with Gasteiger partial charge in [-0.2, -0.15) is 5.11 Å². The second-order valence-corrected chi connectivity index (χ2v) is 6.89. The van der Waals surface area contributed by atoms with Gasteiger partial charge in [-0.15, -0.1) is 15.3 Å². The molecule has 0 bridgehead atoms. The Morgan fingerprint density at radius 3 is 1.83 bits per heavy atom. The third kappa shape index (κ3) is 3.59. The highest BCUT2D eigenvalue weighted by molar-refractivity contribution is 5.98. The summed E-state index contributed by atoms with van der Waals surface area (Å²) in [6.07, 6.45) is 0. The number of azo groups is 2. The molecule has 0 amide bonds. The molecular weight excluding hydrogens is 368 g/mol. The Labute approximate surface area is 174 Å². The van der Waals surface area contributed by atoms with Gasteiger partial charge in [0.15, 0.2) is 0 Å². The van der Waals surface area contributed by atoms with Gasteiger partial charge in [0.1, 0.15) is 11.4 Å². The van der Waals surface area contributed by atoms with E-state index in [4.69, 9.17) is 0 Å². The summed E-state index contributed by atoms with van der Waals surface area (Å²) in [6, 6.07) is 36.0. The standard InChI is InChI=1S/C26H18N4/c1-2-12-21(13-3-1)27-29-25-18-17-20-10-5-7-15-23(20)26(25)30-28-24-16-8-11-19-9-4-6-14-22(19)24/h1-18H. The molecule has 0 fully saturated rings. The van der Waals surface area contributed by atoms with Crippen LogP contribution in [-0.2, 0) is 0 Å². The van der Waals surface area contributed by atoms with E-state index in [1.54, 1.807) is 0 Å². The van der Waals surface area contributed by atoms with Crippen molar-refractivity contribution in [3.05, 3.63) is 109 Å². The van der Waals surface area contributed by atoms with Crippen LogP contribution in [0.1, 0.15) is 0 Å². The Morgan fingerprint density at radius 2 is 1.00 bits per heavy atom. The quantitative estimate of drug-likeness (QED) is 0.277. The zero-order chi connectivity index (χ0) is 20.2. The number of fused-ring (bicyclic) bond motifs is 2. The van der Waals surface area contributed by atoms with Crippen molar-refractivity contribution in [2.24, 2.45) is 20.5 Å². The molecule has 0 atom stereocenters. The summed E-state index contributed by atoms with van der Waals surface area (Å²) in [5.74, 6) is 0. The highest BCUT2D eigenvalue weighted by Crippen LogP contribution is 2.38. The van der Waals surface area contributed by atoms with Crippen molar-refractivity contribution in [3.8, 4) is 0 Å². The Balaban J connectivity index is 1.63. The Bertz CT molecular complexity index is 1380. The molecule has 0 aliphatic heterocycles. The average molecular weight is 386 g/mol. The lowest BCUT2D eigenvalue weighted by molar-refractivity contribution is 1.20. The minimum Gasteiger partial charge on any atom is -0.150 e. The SMILES string of the molecule is c1ccc(N=Nc2ccc3ccccc3c2N=Nc2cccc3ccccc23)cc1. The summed E-state index contributed by atoms with van der Waals surface area (Å²) in [5.41, 5.74) is 3.01. The fraction of sp³-hybridized carbons (Fsp3) is 0. The van der Waals surface area contributed by atoms with Crippen molar-refractivity contribution < 1.29 is 0 Å². The second kappa shape index (κ2) is 8.05. The molecule has 5 rings (SSSR count). The van der Waals surface area contributed by atoms with E-state index in [9.17, 15) is 0 Å². The van der Waals surface area contributed by atoms with E-state index in [0.29, 0.717) is 11.4 Å². The van der Waals surface area contributed by atoms with E-state index >= 15 is 0 Å². The van der Waals surface area contributed by atoms with Crippen LogP contribution in [0.2, 0.25) is 0 Å². The van der Waals surface area contributed by atoms with E-state index in [0.717, 1.165) is 32.9 Å². The van der Waals surface area contributed by atoms with Crippen LogP contribution in [0.15, 0.2) is 130 Å². The molecule has 30 heavy (non-hydrogen) atoms. The molecule has 0 N–H and O–H groups in total. The Morgan fingerprint density at radius 1 is 0.367 bits per heavy atom. The van der Waals surface area contributed by atoms with Crippen LogP contribution in [0, 0.1) is 0 Å². The predicted molar refractivity (Wildman–Crippen MR) is 123 cm³/mol. The van der Waals surface area contributed by atoms with Crippen LogP contribution in [0.25, 0.3) is 21.5 Å². The molecule has 0 radical (unpaired) electrons. The van der Waals surface area contributed by atoms with Crippen LogP contribution in [0.3, 0.4) is 0 Å². The number of benzene rings is 5. The maximum atomic E-state index is 4.64. The largest absolute Gasteiger partial charge is 0.150 e. The third-order valence-electron chi connectivity index (χ3n) is 4.93. The monoisotopic (exact) mass is 386 g/mol. The molecule has 0 aromatic heterocycles. The lowest BCUT2D eigenvalue weighted by Gasteiger charge is -2.05. The number of nitrogens with zero attached hydrogens (tertiary/aromatic N) is 4. The maximum absolute atomic E-state index is 4.64. The fourth-order valence-electron chi connectivity index (χ4n) is 3.44. The normalized spacial score (nSPS) is 11.7. The van der Waals surface area contributed by atoms with Crippen LogP contribution in [0.4, 0.5) is 22.7 Å². The lowest BCUT2D eigenvalue weighted by atomic mass is 10.1. The molecule has 0 saturated heterocycles. The van der Waals surface area contributed by atoms with E-state index in [-0.39, 0.29) is 0 Å². The van der Waals surface area contributed by atoms with Crippen LogP contribution in [-0.4, -0.2) is 0 Å². The van der Waals surface area contributed by atoms with Gasteiger partial charge in [0, 0.05) is 10.8 Å². The first-order valence-corrected chi connectivity index (χ1v) is 9.76. The minimum atomic E-state index is 0.682. The van der Waals surface area contributed by atoms with E-state index in [2.05, 4.69) is 44.7 Å². The van der Waals surface area contributed by atoms with Gasteiger partial charge in [0.25, 0.3) is 0 Å². The van der Waals surface area contributed by atoms with Crippen LogP contribution in [0.5, 0.6) is 0 Å². The molecular formula is C26H18N4. The minimum absolute atomic E-state index is 0.682. The average Bonchev–Trinajstić information content (AvgIpc) is 2.82. The number of hydrogen-bond acceptors (Lipinski definition) is 4. The van der Waals surface area contributed by atoms with E-state index in [1.165, 1.54) is 0 Å². The van der Waals surface area contributed by atoms with Crippen molar-refractivity contribution in [1.82, 2.24) is 0 Å². The van der Waals surface area contributed by atoms with Crippen LogP contribution >= 0.6 is 0 Å². The van der Waals surface area contributed by atoms with Crippen molar-refractivity contribution in [2.45, 2.75) is 0 Å². The number of rotatable bonds is 4. The summed E-state index contributed by atoms with van der Waals surface area (Å²) in [7, 11) is 0. The van der Waals surface area contributed by atoms with E-state index < -0.39 is 0 Å². The summed E-state index contributed by atoms with van der Waals surface area (Å²) < 4.78 is 0. The summed E-state index contributed by atoms with van der Waals surface area (Å²) in [5, 5.41) is 22.4. The molecule has 0 heterocycles. The van der Waals surface area contributed by atoms with Gasteiger partial charge in [-0.05, 0) is 35.0 Å². The molecule has 0 aliphatic carbocycles. The van der Waals surface area contributed by atoms with Crippen molar-refractivity contribution in [3.63, 3.8) is 0 Å². The first kappa shape index (κ1) is 17.9. The van der Waals surface area contributed by atoms with Gasteiger partial charge in [0.05, 0.1) is 11.4 Å². The molecule has 0 aliphatic rings. The molecule has 142 valence electrons. The summed E-state index contributed by atoms with van der Waals surface area (Å²) in [4.78, 5) is 0. The van der Waals surface area contributed by atoms with E-state index in [1.807, 2.05) is 84.9 Å². The summed E-state index contributed by atoms with van der Waals surface area (Å²) >= 11 is 0. The Hall–Kier alpha value is -4.18. The molecule has 4 heteroatoms. The lowest BCUT2D eigenvalue weighted by Crippen LogP contribution is -1.76. The van der Waals surface area contributed by atoms with Crippen molar-refractivity contribution in [2.75, 3.05) is 0 Å². The van der Waals surface area contributed by atoms with Gasteiger partial charge >= 0.3 is 0 Å². The van der Waals surface area contributed by atoms with Gasteiger partial charge in [-0.3, -0.25) is 0 Å². The van der Waals surface area contributed by atoms with Crippen LogP contribution < -0.4 is 0 Å². The van der Waals surface area contributed by atoms with Crippen molar-refractivity contribution in [1.29, 1.82) is 0 Å².